The van der Waals surface area contributed by atoms with Gasteiger partial charge in [0.15, 0.2) is 0 Å². The molecule has 1 heterocycles. The van der Waals surface area contributed by atoms with Crippen LogP contribution in [0, 0.1) is 6.92 Å². The van der Waals surface area contributed by atoms with Gasteiger partial charge in [-0.1, -0.05) is 27.7 Å². The van der Waals surface area contributed by atoms with Crippen LogP contribution in [-0.2, 0) is 7.05 Å². The molecule has 1 aromatic rings. The van der Waals surface area contributed by atoms with Crippen LogP contribution in [0.15, 0.2) is 0 Å². The van der Waals surface area contributed by atoms with Crippen molar-refractivity contribution in [3.8, 4) is 5.88 Å². The van der Waals surface area contributed by atoms with Crippen LogP contribution >= 0.6 is 0 Å². The molecule has 3 nitrogen and oxygen atoms in total. The van der Waals surface area contributed by atoms with Gasteiger partial charge in [0.2, 0.25) is 5.88 Å². The van der Waals surface area contributed by atoms with Crippen LogP contribution < -0.4 is 4.74 Å². The molecule has 0 amide bonds. The van der Waals surface area contributed by atoms with Gasteiger partial charge in [-0.15, -0.1) is 5.10 Å². The number of nitrogens with zero attached hydrogens (tertiary/aromatic N) is 2. The Kier molecular flexibility index (Phi) is 6.06. The van der Waals surface area contributed by atoms with E-state index in [1.807, 2.05) is 32.5 Å². The van der Waals surface area contributed by atoms with Crippen molar-refractivity contribution in [3.63, 3.8) is 0 Å². The van der Waals surface area contributed by atoms with E-state index >= 15 is 0 Å². The van der Waals surface area contributed by atoms with Crippen LogP contribution in [0.2, 0.25) is 0 Å². The lowest BCUT2D eigenvalue weighted by Crippen LogP contribution is -2.00. The van der Waals surface area contributed by atoms with Gasteiger partial charge in [0.05, 0.1) is 6.61 Å². The third-order valence-corrected chi connectivity index (χ3v) is 2.12. The van der Waals surface area contributed by atoms with Gasteiger partial charge in [0, 0.05) is 18.3 Å². The predicted octanol–water partition coefficient (Wildman–Crippen LogP) is 3.28. The maximum atomic E-state index is 5.42. The zero-order chi connectivity index (χ0) is 12.0. The van der Waals surface area contributed by atoms with Crippen molar-refractivity contribution < 1.29 is 4.74 Å². The van der Waals surface area contributed by atoms with Gasteiger partial charge >= 0.3 is 0 Å². The smallest absolute Gasteiger partial charge is 0.235 e. The second kappa shape index (κ2) is 6.49. The maximum absolute atomic E-state index is 5.42. The lowest BCUT2D eigenvalue weighted by atomic mass is 10.1. The fraction of sp³-hybridized carbons (Fsp3) is 0.750. The van der Waals surface area contributed by atoms with E-state index in [2.05, 4.69) is 25.9 Å². The summed E-state index contributed by atoms with van der Waals surface area (Å²) in [5.41, 5.74) is 2.42. The zero-order valence-electron chi connectivity index (χ0n) is 11.1. The lowest BCUT2D eigenvalue weighted by molar-refractivity contribution is 0.321. The van der Waals surface area contributed by atoms with E-state index in [-0.39, 0.29) is 0 Å². The molecule has 0 spiro atoms. The molecule has 0 N–H and O–H groups in total. The number of rotatable bonds is 3. The number of aryl methyl sites for hydroxylation is 1. The van der Waals surface area contributed by atoms with Crippen molar-refractivity contribution in [1.82, 2.24) is 9.78 Å². The quantitative estimate of drug-likeness (QED) is 0.769. The molecule has 1 rings (SSSR count). The first-order chi connectivity index (χ1) is 7.07. The molecular weight excluding hydrogens is 188 g/mol. The van der Waals surface area contributed by atoms with Crippen LogP contribution in [0.25, 0.3) is 0 Å². The van der Waals surface area contributed by atoms with Crippen molar-refractivity contribution >= 4 is 0 Å². The minimum Gasteiger partial charge on any atom is -0.477 e. The van der Waals surface area contributed by atoms with Crippen molar-refractivity contribution in [2.24, 2.45) is 7.05 Å². The van der Waals surface area contributed by atoms with Crippen LogP contribution in [0.1, 0.15) is 51.8 Å². The Labute approximate surface area is 93.4 Å². The Hall–Kier alpha value is -0.990. The molecule has 1 aromatic heterocycles. The largest absolute Gasteiger partial charge is 0.477 e. The summed E-state index contributed by atoms with van der Waals surface area (Å²) < 4.78 is 7.32. The van der Waals surface area contributed by atoms with Gasteiger partial charge in [-0.3, -0.25) is 4.68 Å². The highest BCUT2D eigenvalue weighted by Crippen LogP contribution is 2.25. The molecule has 0 aromatic carbocycles. The third kappa shape index (κ3) is 3.26. The molecule has 88 valence electrons. The number of hydrogen-bond acceptors (Lipinski definition) is 2. The monoisotopic (exact) mass is 212 g/mol. The highest BCUT2D eigenvalue weighted by molar-refractivity contribution is 5.31. The normalized spacial score (nSPS) is 9.87. The summed E-state index contributed by atoms with van der Waals surface area (Å²) in [5.74, 6) is 1.26. The Bertz CT molecular complexity index is 290. The summed E-state index contributed by atoms with van der Waals surface area (Å²) in [4.78, 5) is 0. The fourth-order valence-corrected chi connectivity index (χ4v) is 1.70. The van der Waals surface area contributed by atoms with Gasteiger partial charge in [0.25, 0.3) is 0 Å². The van der Waals surface area contributed by atoms with E-state index in [1.54, 1.807) is 0 Å². The number of ether oxygens (including phenoxy) is 1. The molecule has 0 radical (unpaired) electrons. The average Bonchev–Trinajstić information content (AvgIpc) is 2.46. The molecule has 0 saturated carbocycles. The molecule has 0 unspecified atom stereocenters. The number of aromatic nitrogens is 2. The van der Waals surface area contributed by atoms with Crippen molar-refractivity contribution in [1.29, 1.82) is 0 Å². The second-order valence-electron chi connectivity index (χ2n) is 3.53. The summed E-state index contributed by atoms with van der Waals surface area (Å²) in [7, 11) is 1.96. The van der Waals surface area contributed by atoms with E-state index in [1.165, 1.54) is 11.3 Å². The Morgan fingerprint density at radius 2 is 1.87 bits per heavy atom. The highest BCUT2D eigenvalue weighted by atomic mass is 16.5. The Morgan fingerprint density at radius 3 is 2.20 bits per heavy atom. The molecule has 0 fully saturated rings. The Morgan fingerprint density at radius 1 is 1.33 bits per heavy atom. The lowest BCUT2D eigenvalue weighted by Gasteiger charge is -2.05. The SMILES string of the molecule is CC.CCOc1nn(C)c(C(C)C)c1C. The van der Waals surface area contributed by atoms with E-state index in [0.29, 0.717) is 12.5 Å². The van der Waals surface area contributed by atoms with Crippen LogP contribution in [0.4, 0.5) is 0 Å². The van der Waals surface area contributed by atoms with Gasteiger partial charge in [0.1, 0.15) is 0 Å². The molecule has 0 saturated heterocycles. The van der Waals surface area contributed by atoms with Crippen molar-refractivity contribution in [2.45, 2.75) is 47.5 Å². The van der Waals surface area contributed by atoms with E-state index < -0.39 is 0 Å². The number of hydrogen-bond donors (Lipinski definition) is 0. The first kappa shape index (κ1) is 14.0. The van der Waals surface area contributed by atoms with Gasteiger partial charge in [-0.2, -0.15) is 0 Å². The summed E-state index contributed by atoms with van der Waals surface area (Å²) in [6.07, 6.45) is 0. The van der Waals surface area contributed by atoms with Crippen LogP contribution in [0.5, 0.6) is 5.88 Å². The third-order valence-electron chi connectivity index (χ3n) is 2.12. The summed E-state index contributed by atoms with van der Waals surface area (Å²) in [5, 5.41) is 4.32. The van der Waals surface area contributed by atoms with E-state index in [0.717, 1.165) is 5.88 Å². The molecule has 0 atom stereocenters. The van der Waals surface area contributed by atoms with Crippen molar-refractivity contribution in [2.75, 3.05) is 6.61 Å². The molecule has 3 heteroatoms. The van der Waals surface area contributed by atoms with Crippen molar-refractivity contribution in [3.05, 3.63) is 11.3 Å². The summed E-state index contributed by atoms with van der Waals surface area (Å²) in [6, 6.07) is 0. The summed E-state index contributed by atoms with van der Waals surface area (Å²) in [6.45, 7) is 13.0. The van der Waals surface area contributed by atoms with Gasteiger partial charge in [-0.25, -0.2) is 0 Å². The fourth-order valence-electron chi connectivity index (χ4n) is 1.70. The molecule has 0 bridgehead atoms. The zero-order valence-corrected chi connectivity index (χ0v) is 11.1. The van der Waals surface area contributed by atoms with E-state index in [9.17, 15) is 0 Å². The maximum Gasteiger partial charge on any atom is 0.235 e. The topological polar surface area (TPSA) is 27.1 Å². The molecule has 0 aliphatic heterocycles. The average molecular weight is 212 g/mol. The molecule has 0 aliphatic carbocycles. The summed E-state index contributed by atoms with van der Waals surface area (Å²) >= 11 is 0. The molecule has 15 heavy (non-hydrogen) atoms. The minimum atomic E-state index is 0.492. The van der Waals surface area contributed by atoms with Gasteiger partial charge < -0.3 is 4.74 Å². The highest BCUT2D eigenvalue weighted by Gasteiger charge is 2.15. The molecular formula is C12H24N2O. The van der Waals surface area contributed by atoms with Crippen LogP contribution in [0.3, 0.4) is 0 Å². The Balaban J connectivity index is 0.000000921. The van der Waals surface area contributed by atoms with Gasteiger partial charge in [-0.05, 0) is 19.8 Å². The first-order valence-corrected chi connectivity index (χ1v) is 5.74. The van der Waals surface area contributed by atoms with E-state index in [4.69, 9.17) is 4.74 Å². The van der Waals surface area contributed by atoms with Crippen LogP contribution in [-0.4, -0.2) is 16.4 Å². The molecule has 0 aliphatic rings. The predicted molar refractivity (Wildman–Crippen MR) is 64.6 cm³/mol. The standard InChI is InChI=1S/C10H18N2O.C2H6/c1-6-13-10-8(4)9(7(2)3)12(5)11-10;1-2/h7H,6H2,1-5H3;1-2H3. The first-order valence-electron chi connectivity index (χ1n) is 5.74. The minimum absolute atomic E-state index is 0.492. The second-order valence-corrected chi connectivity index (χ2v) is 3.53.